The number of sulfonamides is 1. The molecule has 0 amide bonds. The van der Waals surface area contributed by atoms with E-state index in [1.807, 2.05) is 0 Å². The molecule has 23 heavy (non-hydrogen) atoms. The number of alkyl halides is 3. The van der Waals surface area contributed by atoms with Gasteiger partial charge in [-0.25, -0.2) is 0 Å². The SMILES string of the molecule is O=S(=O)(N(/C=C/c1ccccc1)Cc1ccccc1)C(F)(F)F. The largest absolute Gasteiger partial charge is 0.516 e. The van der Waals surface area contributed by atoms with Crippen molar-refractivity contribution in [3.8, 4) is 0 Å². The van der Waals surface area contributed by atoms with Gasteiger partial charge in [0.05, 0.1) is 6.54 Å². The van der Waals surface area contributed by atoms with E-state index in [0.29, 0.717) is 15.4 Å². The predicted octanol–water partition coefficient (Wildman–Crippen LogP) is 4.01. The van der Waals surface area contributed by atoms with Crippen LogP contribution in [0.4, 0.5) is 13.2 Å². The first-order chi connectivity index (χ1) is 10.8. The Kier molecular flexibility index (Phi) is 5.10. The highest BCUT2D eigenvalue weighted by Crippen LogP contribution is 2.28. The van der Waals surface area contributed by atoms with Gasteiger partial charge >= 0.3 is 15.5 Å². The lowest BCUT2D eigenvalue weighted by Gasteiger charge is -2.21. The van der Waals surface area contributed by atoms with Crippen LogP contribution < -0.4 is 0 Å². The topological polar surface area (TPSA) is 37.4 Å². The summed E-state index contributed by atoms with van der Waals surface area (Å²) in [5.74, 6) is 0. The second kappa shape index (κ2) is 6.87. The summed E-state index contributed by atoms with van der Waals surface area (Å²) in [7, 11) is -5.46. The summed E-state index contributed by atoms with van der Waals surface area (Å²) >= 11 is 0. The molecule has 2 aromatic carbocycles. The first kappa shape index (κ1) is 17.1. The molecule has 0 saturated carbocycles. The predicted molar refractivity (Wildman–Crippen MR) is 82.4 cm³/mol. The number of hydrogen-bond donors (Lipinski definition) is 0. The highest BCUT2D eigenvalue weighted by Gasteiger charge is 2.49. The van der Waals surface area contributed by atoms with Crippen LogP contribution >= 0.6 is 0 Å². The molecule has 2 aromatic rings. The molecule has 2 rings (SSSR count). The fourth-order valence-electron chi connectivity index (χ4n) is 1.85. The van der Waals surface area contributed by atoms with Gasteiger partial charge in [-0.1, -0.05) is 60.7 Å². The fourth-order valence-corrected chi connectivity index (χ4v) is 2.65. The summed E-state index contributed by atoms with van der Waals surface area (Å²) < 4.78 is 62.3. The van der Waals surface area contributed by atoms with E-state index in [4.69, 9.17) is 0 Å². The van der Waals surface area contributed by atoms with Crippen molar-refractivity contribution < 1.29 is 21.6 Å². The first-order valence-corrected chi connectivity index (χ1v) is 8.10. The van der Waals surface area contributed by atoms with E-state index in [1.165, 1.54) is 6.08 Å². The van der Waals surface area contributed by atoms with Gasteiger partial charge in [0.2, 0.25) is 0 Å². The Balaban J connectivity index is 2.34. The van der Waals surface area contributed by atoms with Crippen LogP contribution in [0.1, 0.15) is 11.1 Å². The summed E-state index contributed by atoms with van der Waals surface area (Å²) in [6.45, 7) is -0.397. The molecule has 0 bridgehead atoms. The molecule has 0 radical (unpaired) electrons. The van der Waals surface area contributed by atoms with Gasteiger partial charge in [0.25, 0.3) is 0 Å². The van der Waals surface area contributed by atoms with Crippen molar-refractivity contribution in [3.63, 3.8) is 0 Å². The van der Waals surface area contributed by atoms with Gasteiger partial charge in [0, 0.05) is 6.20 Å². The molecule has 0 aliphatic carbocycles. The van der Waals surface area contributed by atoms with Crippen LogP contribution in [0.3, 0.4) is 0 Å². The third-order valence-corrected chi connectivity index (χ3v) is 4.47. The normalized spacial score (nSPS) is 12.5. The van der Waals surface area contributed by atoms with Crippen LogP contribution in [-0.2, 0) is 16.6 Å². The second-order valence-electron chi connectivity index (χ2n) is 4.71. The van der Waals surface area contributed by atoms with Crippen LogP contribution in [0.25, 0.3) is 6.08 Å². The third-order valence-electron chi connectivity index (χ3n) is 3.02. The minimum Gasteiger partial charge on any atom is -0.265 e. The van der Waals surface area contributed by atoms with E-state index >= 15 is 0 Å². The molecule has 0 atom stereocenters. The zero-order valence-corrected chi connectivity index (χ0v) is 12.8. The Morgan fingerprint density at radius 3 is 1.96 bits per heavy atom. The van der Waals surface area contributed by atoms with Gasteiger partial charge in [-0.3, -0.25) is 4.31 Å². The van der Waals surface area contributed by atoms with Gasteiger partial charge in [0.1, 0.15) is 0 Å². The van der Waals surface area contributed by atoms with Crippen molar-refractivity contribution in [3.05, 3.63) is 78.0 Å². The maximum Gasteiger partial charge on any atom is 0.516 e. The standard InChI is InChI=1S/C16H14F3NO2S/c17-16(18,19)23(21,22)20(13-15-9-5-2-6-10-15)12-11-14-7-3-1-4-8-14/h1-12H,13H2/b12-11+. The van der Waals surface area contributed by atoms with Crippen LogP contribution in [0.2, 0.25) is 0 Å². The zero-order chi connectivity index (χ0) is 16.9. The molecular weight excluding hydrogens is 327 g/mol. The van der Waals surface area contributed by atoms with Crippen molar-refractivity contribution in [1.29, 1.82) is 0 Å². The number of hydrogen-bond acceptors (Lipinski definition) is 2. The molecule has 0 aromatic heterocycles. The van der Waals surface area contributed by atoms with Crippen molar-refractivity contribution in [2.45, 2.75) is 12.1 Å². The second-order valence-corrected chi connectivity index (χ2v) is 6.59. The van der Waals surface area contributed by atoms with Gasteiger partial charge in [-0.15, -0.1) is 0 Å². The Labute approximate surface area is 132 Å². The van der Waals surface area contributed by atoms with Gasteiger partial charge in [-0.05, 0) is 17.2 Å². The average Bonchev–Trinajstić information content (AvgIpc) is 2.52. The van der Waals surface area contributed by atoms with E-state index in [0.717, 1.165) is 6.20 Å². The molecule has 3 nitrogen and oxygen atoms in total. The van der Waals surface area contributed by atoms with Gasteiger partial charge < -0.3 is 0 Å². The highest BCUT2D eigenvalue weighted by molar-refractivity contribution is 7.90. The van der Waals surface area contributed by atoms with Crippen molar-refractivity contribution in [1.82, 2.24) is 4.31 Å². The van der Waals surface area contributed by atoms with Crippen molar-refractivity contribution in [2.75, 3.05) is 0 Å². The molecule has 0 N–H and O–H groups in total. The van der Waals surface area contributed by atoms with Gasteiger partial charge in [-0.2, -0.15) is 21.6 Å². The Hall–Kier alpha value is -2.28. The summed E-state index contributed by atoms with van der Waals surface area (Å²) in [6.07, 6.45) is 2.26. The fraction of sp³-hybridized carbons (Fsp3) is 0.125. The monoisotopic (exact) mass is 341 g/mol. The lowest BCUT2D eigenvalue weighted by atomic mass is 10.2. The quantitative estimate of drug-likeness (QED) is 0.824. The Bertz CT molecular complexity index is 757. The number of benzene rings is 2. The van der Waals surface area contributed by atoms with E-state index in [9.17, 15) is 21.6 Å². The summed E-state index contributed by atoms with van der Waals surface area (Å²) in [5, 5.41) is 0. The van der Waals surface area contributed by atoms with Crippen LogP contribution in [-0.4, -0.2) is 18.2 Å². The van der Waals surface area contributed by atoms with E-state index in [2.05, 4.69) is 0 Å². The van der Waals surface area contributed by atoms with E-state index in [1.54, 1.807) is 60.7 Å². The average molecular weight is 341 g/mol. The molecule has 0 saturated heterocycles. The lowest BCUT2D eigenvalue weighted by molar-refractivity contribution is -0.0478. The number of halogens is 3. The minimum absolute atomic E-state index is 0.301. The third kappa shape index (κ3) is 4.35. The van der Waals surface area contributed by atoms with Crippen LogP contribution in [0, 0.1) is 0 Å². The highest BCUT2D eigenvalue weighted by atomic mass is 32.2. The zero-order valence-electron chi connectivity index (χ0n) is 11.9. The summed E-state index contributed by atoms with van der Waals surface area (Å²) in [5.41, 5.74) is -4.30. The van der Waals surface area contributed by atoms with Crippen LogP contribution in [0.5, 0.6) is 0 Å². The van der Waals surface area contributed by atoms with Crippen molar-refractivity contribution >= 4 is 16.1 Å². The molecular formula is C16H14F3NO2S. The summed E-state index contributed by atoms with van der Waals surface area (Å²) in [4.78, 5) is 0. The molecule has 122 valence electrons. The van der Waals surface area contributed by atoms with Crippen molar-refractivity contribution in [2.24, 2.45) is 0 Å². The van der Waals surface area contributed by atoms with E-state index in [-0.39, 0.29) is 0 Å². The number of rotatable bonds is 5. The molecule has 7 heteroatoms. The molecule has 0 aliphatic rings. The maximum absolute atomic E-state index is 12.8. The molecule has 0 heterocycles. The lowest BCUT2D eigenvalue weighted by Crippen LogP contribution is -2.37. The molecule has 0 spiro atoms. The molecule has 0 unspecified atom stereocenters. The minimum atomic E-state index is -5.46. The Morgan fingerprint density at radius 2 is 1.43 bits per heavy atom. The summed E-state index contributed by atoms with van der Waals surface area (Å²) in [6, 6.07) is 16.6. The maximum atomic E-state index is 12.8. The molecule has 0 fully saturated rings. The van der Waals surface area contributed by atoms with Crippen LogP contribution in [0.15, 0.2) is 66.9 Å². The molecule has 0 aliphatic heterocycles. The Morgan fingerprint density at radius 1 is 0.913 bits per heavy atom. The number of nitrogens with zero attached hydrogens (tertiary/aromatic N) is 1. The van der Waals surface area contributed by atoms with Gasteiger partial charge in [0.15, 0.2) is 0 Å². The van der Waals surface area contributed by atoms with E-state index < -0.39 is 22.1 Å². The first-order valence-electron chi connectivity index (χ1n) is 6.66. The smallest absolute Gasteiger partial charge is 0.265 e.